The smallest absolute Gasteiger partial charge is 0.387 e. The quantitative estimate of drug-likeness (QED) is 0.416. The summed E-state index contributed by atoms with van der Waals surface area (Å²) in [5.41, 5.74) is -0.343. The van der Waals surface area contributed by atoms with Crippen LogP contribution in [0.2, 0.25) is 0 Å². The Morgan fingerprint density at radius 2 is 1.89 bits per heavy atom. The van der Waals surface area contributed by atoms with Crippen LogP contribution in [0.3, 0.4) is 0 Å². The van der Waals surface area contributed by atoms with Crippen molar-refractivity contribution >= 4 is 12.0 Å². The highest BCUT2D eigenvalue weighted by atomic mass is 19.3. The molecule has 9 heteroatoms. The zero-order valence-electron chi connectivity index (χ0n) is 15.1. The largest absolute Gasteiger partial charge is 0.435 e. The fourth-order valence-electron chi connectivity index (χ4n) is 3.09. The topological polar surface area (TPSA) is 71.4 Å². The summed E-state index contributed by atoms with van der Waals surface area (Å²) in [6.45, 7) is -4.36. The molecule has 0 radical (unpaired) electrons. The molecule has 28 heavy (non-hydrogen) atoms. The molecule has 0 saturated heterocycles. The first kappa shape index (κ1) is 21.5. The first-order valence-corrected chi connectivity index (χ1v) is 8.76. The maximum atomic E-state index is 12.6. The number of nitrogens with one attached hydrogen (secondary N) is 1. The van der Waals surface area contributed by atoms with Crippen LogP contribution in [0.4, 0.5) is 17.6 Å². The van der Waals surface area contributed by atoms with E-state index in [1.54, 1.807) is 6.07 Å². The van der Waals surface area contributed by atoms with Crippen LogP contribution in [-0.2, 0) is 4.79 Å². The van der Waals surface area contributed by atoms with Crippen LogP contribution in [0.1, 0.15) is 38.2 Å². The van der Waals surface area contributed by atoms with Gasteiger partial charge in [-0.05, 0) is 37.0 Å². The highest BCUT2D eigenvalue weighted by molar-refractivity contribution is 6.02. The number of carbonyl (C=O) groups excluding carboxylic acids is 1. The highest BCUT2D eigenvalue weighted by Crippen LogP contribution is 2.29. The first-order valence-electron chi connectivity index (χ1n) is 8.76. The van der Waals surface area contributed by atoms with E-state index in [0.717, 1.165) is 50.0 Å². The van der Waals surface area contributed by atoms with Gasteiger partial charge in [-0.15, -0.1) is 0 Å². The third kappa shape index (κ3) is 6.15. The molecule has 1 aliphatic rings. The zero-order chi connectivity index (χ0) is 20.7. The number of alkyl halides is 4. The molecular weight excluding hydrogens is 380 g/mol. The van der Waals surface area contributed by atoms with Crippen LogP contribution in [0, 0.1) is 17.2 Å². The fourth-order valence-corrected chi connectivity index (χ4v) is 3.09. The summed E-state index contributed by atoms with van der Waals surface area (Å²) in [5, 5.41) is 12.1. The van der Waals surface area contributed by atoms with Gasteiger partial charge in [-0.1, -0.05) is 19.8 Å². The summed E-state index contributed by atoms with van der Waals surface area (Å²) in [7, 11) is 0. The minimum absolute atomic E-state index is 0.0368. The molecule has 1 fully saturated rings. The normalized spacial score (nSPS) is 20.0. The van der Waals surface area contributed by atoms with E-state index in [-0.39, 0.29) is 28.8 Å². The molecule has 0 spiro atoms. The summed E-state index contributed by atoms with van der Waals surface area (Å²) in [6, 6.07) is 4.77. The molecule has 152 valence electrons. The van der Waals surface area contributed by atoms with Crippen molar-refractivity contribution in [1.82, 2.24) is 5.32 Å². The molecule has 0 bridgehead atoms. The average molecular weight is 400 g/mol. The minimum atomic E-state index is -3.23. The van der Waals surface area contributed by atoms with Crippen molar-refractivity contribution in [3.05, 3.63) is 29.3 Å². The monoisotopic (exact) mass is 400 g/mol. The van der Waals surface area contributed by atoms with E-state index in [1.165, 1.54) is 0 Å². The van der Waals surface area contributed by atoms with Crippen LogP contribution >= 0.6 is 0 Å². The van der Waals surface area contributed by atoms with Crippen molar-refractivity contribution in [3.8, 4) is 17.6 Å². The fraction of sp³-hybridized carbons (Fsp3) is 0.474. The number of rotatable bonds is 7. The van der Waals surface area contributed by atoms with Gasteiger partial charge < -0.3 is 14.8 Å². The Bertz CT molecular complexity index is 762. The third-order valence-corrected chi connectivity index (χ3v) is 4.52. The van der Waals surface area contributed by atoms with E-state index in [1.807, 2.05) is 6.92 Å². The molecule has 0 aliphatic heterocycles. The first-order chi connectivity index (χ1) is 13.3. The summed E-state index contributed by atoms with van der Waals surface area (Å²) in [4.78, 5) is 12.4. The summed E-state index contributed by atoms with van der Waals surface area (Å²) in [5.74, 6) is -1.24. The molecule has 1 saturated carbocycles. The van der Waals surface area contributed by atoms with Crippen LogP contribution in [0.15, 0.2) is 23.8 Å². The Hall–Kier alpha value is -2.76. The highest BCUT2D eigenvalue weighted by Gasteiger charge is 2.24. The molecular formula is C19H20F4N2O3. The van der Waals surface area contributed by atoms with E-state index < -0.39 is 24.9 Å². The lowest BCUT2D eigenvalue weighted by atomic mass is 9.86. The number of ether oxygens (including phenoxy) is 2. The molecule has 1 aromatic rings. The van der Waals surface area contributed by atoms with Gasteiger partial charge in [0, 0.05) is 17.7 Å². The van der Waals surface area contributed by atoms with E-state index in [0.29, 0.717) is 0 Å². The predicted molar refractivity (Wildman–Crippen MR) is 92.9 cm³/mol. The Kier molecular flexibility index (Phi) is 7.67. The number of benzene rings is 1. The van der Waals surface area contributed by atoms with Crippen LogP contribution < -0.4 is 14.8 Å². The van der Waals surface area contributed by atoms with Gasteiger partial charge in [0.05, 0.1) is 0 Å². The van der Waals surface area contributed by atoms with Crippen LogP contribution in [-0.4, -0.2) is 25.2 Å². The minimum Gasteiger partial charge on any atom is -0.435 e. The lowest BCUT2D eigenvalue weighted by Gasteiger charge is -2.29. The number of hydrogen-bond acceptors (Lipinski definition) is 4. The van der Waals surface area contributed by atoms with Gasteiger partial charge in [0.2, 0.25) is 0 Å². The summed E-state index contributed by atoms with van der Waals surface area (Å²) < 4.78 is 58.4. The molecule has 1 amide bonds. The molecule has 1 N–H and O–H groups in total. The van der Waals surface area contributed by atoms with Gasteiger partial charge >= 0.3 is 13.2 Å². The third-order valence-electron chi connectivity index (χ3n) is 4.52. The maximum Gasteiger partial charge on any atom is 0.387 e. The Balaban J connectivity index is 2.25. The van der Waals surface area contributed by atoms with E-state index in [2.05, 4.69) is 14.8 Å². The van der Waals surface area contributed by atoms with Gasteiger partial charge in [-0.25, -0.2) is 0 Å². The van der Waals surface area contributed by atoms with Crippen LogP contribution in [0.25, 0.3) is 6.08 Å². The predicted octanol–water partition coefficient (Wildman–Crippen LogP) is 4.49. The average Bonchev–Trinajstić information content (AvgIpc) is 2.62. The van der Waals surface area contributed by atoms with Crippen molar-refractivity contribution in [3.63, 3.8) is 0 Å². The molecule has 2 rings (SSSR count). The molecule has 1 aliphatic carbocycles. The second-order valence-corrected chi connectivity index (χ2v) is 6.47. The Morgan fingerprint density at radius 1 is 1.21 bits per heavy atom. The van der Waals surface area contributed by atoms with Crippen molar-refractivity contribution in [2.75, 3.05) is 0 Å². The summed E-state index contributed by atoms with van der Waals surface area (Å²) in [6.07, 6.45) is 4.89. The molecule has 1 aromatic carbocycles. The maximum absolute atomic E-state index is 12.6. The Labute approximate surface area is 159 Å². The second kappa shape index (κ2) is 9.97. The number of hydrogen-bond donors (Lipinski definition) is 1. The van der Waals surface area contributed by atoms with Gasteiger partial charge in [0.15, 0.2) is 0 Å². The van der Waals surface area contributed by atoms with E-state index >= 15 is 0 Å². The molecule has 2 atom stereocenters. The lowest BCUT2D eigenvalue weighted by molar-refractivity contribution is -0.118. The van der Waals surface area contributed by atoms with E-state index in [4.69, 9.17) is 0 Å². The summed E-state index contributed by atoms with van der Waals surface area (Å²) >= 11 is 0. The lowest BCUT2D eigenvalue weighted by Crippen LogP contribution is -2.41. The van der Waals surface area contributed by atoms with Crippen molar-refractivity contribution in [1.29, 1.82) is 5.26 Å². The second-order valence-electron chi connectivity index (χ2n) is 6.47. The van der Waals surface area contributed by atoms with Crippen molar-refractivity contribution < 1.29 is 31.8 Å². The SMILES string of the molecule is C[C@H]1CCCC[C@H]1NC(=O)/C(C#N)=C/c1ccc(OC(F)F)cc1OC(F)F. The number of amides is 1. The molecule has 0 heterocycles. The number of halogens is 4. The van der Waals surface area contributed by atoms with Gasteiger partial charge in [0.25, 0.3) is 5.91 Å². The number of nitrogens with zero attached hydrogens (tertiary/aromatic N) is 1. The standard InChI is InChI=1S/C19H20F4N2O3/c1-11-4-2-3-5-15(11)25-17(26)13(10-24)8-12-6-7-14(27-18(20)21)9-16(12)28-19(22)23/h6-9,11,15,18-19H,2-5H2,1H3,(H,25,26)/b13-8+/t11-,15+/m0/s1. The van der Waals surface area contributed by atoms with Crippen LogP contribution in [0.5, 0.6) is 11.5 Å². The van der Waals surface area contributed by atoms with E-state index in [9.17, 15) is 27.6 Å². The molecule has 0 unspecified atom stereocenters. The van der Waals surface area contributed by atoms with Gasteiger partial charge in [0.1, 0.15) is 23.1 Å². The van der Waals surface area contributed by atoms with Gasteiger partial charge in [-0.2, -0.15) is 22.8 Å². The van der Waals surface area contributed by atoms with Crippen molar-refractivity contribution in [2.24, 2.45) is 5.92 Å². The number of nitriles is 1. The molecule has 0 aromatic heterocycles. The molecule has 5 nitrogen and oxygen atoms in total. The Morgan fingerprint density at radius 3 is 2.50 bits per heavy atom. The van der Waals surface area contributed by atoms with Gasteiger partial charge in [-0.3, -0.25) is 4.79 Å². The zero-order valence-corrected chi connectivity index (χ0v) is 15.1. The van der Waals surface area contributed by atoms with Crippen molar-refractivity contribution in [2.45, 2.75) is 51.9 Å². The number of carbonyl (C=O) groups is 1.